The van der Waals surface area contributed by atoms with Crippen molar-refractivity contribution in [2.45, 2.75) is 18.7 Å². The third-order valence-corrected chi connectivity index (χ3v) is 7.60. The molecule has 0 radical (unpaired) electrons. The Labute approximate surface area is 172 Å². The second kappa shape index (κ2) is 8.39. The first-order chi connectivity index (χ1) is 13.7. The van der Waals surface area contributed by atoms with Gasteiger partial charge in [-0.2, -0.15) is 4.31 Å². The summed E-state index contributed by atoms with van der Waals surface area (Å²) in [6.45, 7) is 4.27. The topological polar surface area (TPSA) is 117 Å². The van der Waals surface area contributed by atoms with Gasteiger partial charge in [-0.15, -0.1) is 0 Å². The van der Waals surface area contributed by atoms with Gasteiger partial charge in [0.1, 0.15) is 0 Å². The summed E-state index contributed by atoms with van der Waals surface area (Å²) in [6, 6.07) is 5.61. The summed E-state index contributed by atoms with van der Waals surface area (Å²) < 4.78 is 26.8. The van der Waals surface area contributed by atoms with Crippen molar-refractivity contribution in [3.05, 3.63) is 40.4 Å². The number of aromatic nitrogens is 1. The van der Waals surface area contributed by atoms with Gasteiger partial charge in [0.15, 0.2) is 10.9 Å². The molecule has 0 spiro atoms. The molecule has 1 aliphatic heterocycles. The maximum absolute atomic E-state index is 12.7. The molecule has 2 amide bonds. The molecule has 0 bridgehead atoms. The van der Waals surface area contributed by atoms with E-state index >= 15 is 0 Å². The summed E-state index contributed by atoms with van der Waals surface area (Å²) in [7, 11) is -3.70. The van der Waals surface area contributed by atoms with Crippen molar-refractivity contribution in [3.63, 3.8) is 0 Å². The number of sulfonamides is 1. The summed E-state index contributed by atoms with van der Waals surface area (Å²) in [4.78, 5) is 40.9. The molecule has 154 valence electrons. The van der Waals surface area contributed by atoms with Gasteiger partial charge in [0.25, 0.3) is 5.91 Å². The first-order valence-corrected chi connectivity index (χ1v) is 11.1. The molecule has 0 saturated carbocycles. The number of anilines is 1. The number of carbonyl (C=O) groups excluding carboxylic acids is 3. The normalized spacial score (nSPS) is 15.2. The van der Waals surface area contributed by atoms with Gasteiger partial charge >= 0.3 is 0 Å². The van der Waals surface area contributed by atoms with Crippen LogP contribution in [0.25, 0.3) is 0 Å². The summed E-state index contributed by atoms with van der Waals surface area (Å²) in [5.41, 5.74) is 0.820. The highest BCUT2D eigenvalue weighted by atomic mass is 32.2. The molecule has 9 nitrogen and oxygen atoms in total. The second-order valence-electron chi connectivity index (χ2n) is 6.51. The monoisotopic (exact) mass is 436 g/mol. The van der Waals surface area contributed by atoms with Crippen LogP contribution in [0.4, 0.5) is 5.13 Å². The van der Waals surface area contributed by atoms with Crippen LogP contribution in [0.5, 0.6) is 0 Å². The highest BCUT2D eigenvalue weighted by Crippen LogP contribution is 2.24. The maximum atomic E-state index is 12.7. The minimum absolute atomic E-state index is 0.0811. The van der Waals surface area contributed by atoms with Crippen molar-refractivity contribution < 1.29 is 22.8 Å². The fourth-order valence-corrected chi connectivity index (χ4v) is 5.20. The van der Waals surface area contributed by atoms with E-state index in [2.05, 4.69) is 10.3 Å². The Morgan fingerprint density at radius 2 is 1.76 bits per heavy atom. The number of hydrogen-bond donors (Lipinski definition) is 1. The van der Waals surface area contributed by atoms with E-state index in [9.17, 15) is 22.8 Å². The average molecular weight is 437 g/mol. The third kappa shape index (κ3) is 4.52. The predicted octanol–water partition coefficient (Wildman–Crippen LogP) is 1.37. The molecule has 3 rings (SSSR count). The van der Waals surface area contributed by atoms with Crippen LogP contribution in [0.15, 0.2) is 29.2 Å². The average Bonchev–Trinajstić information content (AvgIpc) is 3.08. The first-order valence-electron chi connectivity index (χ1n) is 8.81. The highest BCUT2D eigenvalue weighted by Gasteiger charge is 2.28. The Morgan fingerprint density at radius 1 is 1.14 bits per heavy atom. The molecule has 0 atom stereocenters. The Balaban J connectivity index is 1.71. The number of benzene rings is 1. The van der Waals surface area contributed by atoms with E-state index in [0.717, 1.165) is 11.3 Å². The van der Waals surface area contributed by atoms with Crippen LogP contribution in [-0.4, -0.2) is 66.9 Å². The Morgan fingerprint density at radius 3 is 2.28 bits per heavy atom. The first kappa shape index (κ1) is 21.1. The number of thiazole rings is 1. The fraction of sp³-hybridized carbons (Fsp3) is 0.333. The molecule has 29 heavy (non-hydrogen) atoms. The number of nitrogens with one attached hydrogen (secondary N) is 1. The third-order valence-electron chi connectivity index (χ3n) is 4.51. The number of rotatable bonds is 6. The van der Waals surface area contributed by atoms with Crippen LogP contribution in [0.2, 0.25) is 0 Å². The van der Waals surface area contributed by atoms with Crippen LogP contribution in [0.1, 0.15) is 32.6 Å². The number of nitrogens with zero attached hydrogens (tertiary/aromatic N) is 3. The number of hydrogen-bond acceptors (Lipinski definition) is 7. The van der Waals surface area contributed by atoms with Gasteiger partial charge in [0.2, 0.25) is 16.4 Å². The molecule has 2 aromatic rings. The van der Waals surface area contributed by atoms with Crippen molar-refractivity contribution in [1.82, 2.24) is 14.2 Å². The molecule has 1 fully saturated rings. The summed E-state index contributed by atoms with van der Waals surface area (Å²) in [5, 5.41) is 2.93. The molecule has 1 saturated heterocycles. The lowest BCUT2D eigenvalue weighted by molar-refractivity contribution is -0.119. The number of Topliss-reactive ketones (excluding diaryl/α,β-unsaturated/α-hetero) is 1. The molecule has 0 aliphatic carbocycles. The molecule has 1 N–H and O–H groups in total. The molecule has 2 heterocycles. The van der Waals surface area contributed by atoms with Crippen LogP contribution in [-0.2, 0) is 14.8 Å². The lowest BCUT2D eigenvalue weighted by atomic mass is 10.2. The minimum Gasteiger partial charge on any atom is -0.343 e. The van der Waals surface area contributed by atoms with Crippen molar-refractivity contribution in [3.8, 4) is 0 Å². The zero-order chi connectivity index (χ0) is 21.2. The van der Waals surface area contributed by atoms with Crippen LogP contribution < -0.4 is 5.32 Å². The SMILES string of the molecule is CC(=O)c1sc(NC(=O)c2ccc(S(=O)(=O)N3CCN(C=O)CC3)cc2)nc1C. The lowest BCUT2D eigenvalue weighted by Crippen LogP contribution is -2.47. The zero-order valence-corrected chi connectivity index (χ0v) is 17.5. The van der Waals surface area contributed by atoms with Crippen molar-refractivity contribution >= 4 is 44.6 Å². The fourth-order valence-electron chi connectivity index (χ4n) is 2.92. The summed E-state index contributed by atoms with van der Waals surface area (Å²) in [6.07, 6.45) is 0.709. The van der Waals surface area contributed by atoms with E-state index in [0.29, 0.717) is 35.2 Å². The second-order valence-corrected chi connectivity index (χ2v) is 9.45. The highest BCUT2D eigenvalue weighted by molar-refractivity contribution is 7.89. The van der Waals surface area contributed by atoms with Crippen molar-refractivity contribution in [2.24, 2.45) is 0 Å². The standard InChI is InChI=1S/C18H20N4O5S2/c1-12-16(13(2)24)28-18(19-12)20-17(25)14-3-5-15(6-4-14)29(26,27)22-9-7-21(11-23)8-10-22/h3-6,11H,7-10H2,1-2H3,(H,19,20,25). The van der Waals surface area contributed by atoms with E-state index in [1.165, 1.54) is 40.4 Å². The lowest BCUT2D eigenvalue weighted by Gasteiger charge is -2.31. The Hall–Kier alpha value is -2.63. The number of amides is 2. The van der Waals surface area contributed by atoms with E-state index < -0.39 is 15.9 Å². The van der Waals surface area contributed by atoms with Gasteiger partial charge in [0.05, 0.1) is 15.5 Å². The minimum atomic E-state index is -3.70. The zero-order valence-electron chi connectivity index (χ0n) is 15.9. The molecule has 1 aromatic heterocycles. The molecule has 1 aliphatic rings. The van der Waals surface area contributed by atoms with Gasteiger partial charge in [0, 0.05) is 38.7 Å². The predicted molar refractivity (Wildman–Crippen MR) is 108 cm³/mol. The number of ketones is 1. The van der Waals surface area contributed by atoms with E-state index in [1.54, 1.807) is 6.92 Å². The number of carbonyl (C=O) groups is 3. The number of piperazine rings is 1. The van der Waals surface area contributed by atoms with Gasteiger partial charge in [-0.05, 0) is 31.2 Å². The summed E-state index contributed by atoms with van der Waals surface area (Å²) in [5.74, 6) is -0.568. The smallest absolute Gasteiger partial charge is 0.257 e. The molecular formula is C18H20N4O5S2. The van der Waals surface area contributed by atoms with Crippen LogP contribution in [0, 0.1) is 6.92 Å². The Bertz CT molecular complexity index is 1040. The molecule has 0 unspecified atom stereocenters. The van der Waals surface area contributed by atoms with Crippen LogP contribution >= 0.6 is 11.3 Å². The van der Waals surface area contributed by atoms with Gasteiger partial charge in [-0.25, -0.2) is 13.4 Å². The van der Waals surface area contributed by atoms with Gasteiger partial charge in [-0.3, -0.25) is 19.7 Å². The summed E-state index contributed by atoms with van der Waals surface area (Å²) >= 11 is 1.09. The van der Waals surface area contributed by atoms with Crippen molar-refractivity contribution in [1.29, 1.82) is 0 Å². The Kier molecular flexibility index (Phi) is 6.10. The van der Waals surface area contributed by atoms with E-state index in [-0.39, 0.29) is 29.3 Å². The maximum Gasteiger partial charge on any atom is 0.257 e. The molecule has 1 aromatic carbocycles. The van der Waals surface area contributed by atoms with E-state index in [1.807, 2.05) is 0 Å². The largest absolute Gasteiger partial charge is 0.343 e. The van der Waals surface area contributed by atoms with Gasteiger partial charge in [-0.1, -0.05) is 11.3 Å². The quantitative estimate of drug-likeness (QED) is 0.540. The van der Waals surface area contributed by atoms with E-state index in [4.69, 9.17) is 0 Å². The number of aryl methyl sites for hydroxylation is 1. The molecule has 11 heteroatoms. The molecular weight excluding hydrogens is 416 g/mol. The van der Waals surface area contributed by atoms with Crippen LogP contribution in [0.3, 0.4) is 0 Å². The van der Waals surface area contributed by atoms with Gasteiger partial charge < -0.3 is 4.90 Å². The van der Waals surface area contributed by atoms with Crippen molar-refractivity contribution in [2.75, 3.05) is 31.5 Å².